The molecule has 0 aliphatic carbocycles. The Balaban J connectivity index is 4.00. The van der Waals surface area contributed by atoms with E-state index in [0.29, 0.717) is 17.4 Å². The molecular formula is C86H153NO8P+. The highest BCUT2D eigenvalue weighted by Gasteiger charge is 2.27. The molecular weight excluding hydrogens is 1210 g/mol. The minimum atomic E-state index is -4.41. The molecule has 0 fully saturated rings. The SMILES string of the molecule is CC/C=C\C/C=C\C/C=C\C/C=C\C/C=C\C/C=C\C/C=C\C/C=C\C/C=C\CCCCCCCC(=O)OC(COC(=O)CCCCCCCCCCCCCCCCCCCCCCCCCCCCC/C=C\CCCCCCCCCC)COP(=O)(O)OCC[N+](C)(C)C. The molecule has 0 bridgehead atoms. The summed E-state index contributed by atoms with van der Waals surface area (Å²) in [6, 6.07) is 0. The van der Waals surface area contributed by atoms with Gasteiger partial charge in [-0.15, -0.1) is 0 Å². The lowest BCUT2D eigenvalue weighted by Gasteiger charge is -2.24. The van der Waals surface area contributed by atoms with Gasteiger partial charge in [0.15, 0.2) is 6.10 Å². The molecule has 0 aliphatic rings. The molecule has 0 saturated heterocycles. The molecule has 0 spiro atoms. The van der Waals surface area contributed by atoms with Crippen molar-refractivity contribution in [1.82, 2.24) is 0 Å². The lowest BCUT2D eigenvalue weighted by atomic mass is 10.0. The lowest BCUT2D eigenvalue weighted by molar-refractivity contribution is -0.870. The number of quaternary nitrogens is 1. The van der Waals surface area contributed by atoms with Gasteiger partial charge in [-0.25, -0.2) is 4.57 Å². The summed E-state index contributed by atoms with van der Waals surface area (Å²) in [5.41, 5.74) is 0. The monoisotopic (exact) mass is 1360 g/mol. The molecule has 554 valence electrons. The number of hydrogen-bond donors (Lipinski definition) is 1. The number of allylic oxidation sites excluding steroid dienone is 20. The van der Waals surface area contributed by atoms with Crippen molar-refractivity contribution in [1.29, 1.82) is 0 Å². The van der Waals surface area contributed by atoms with Crippen molar-refractivity contribution >= 4 is 19.8 Å². The van der Waals surface area contributed by atoms with Crippen molar-refractivity contribution in [2.75, 3.05) is 47.5 Å². The molecule has 0 aromatic carbocycles. The highest BCUT2D eigenvalue weighted by Crippen LogP contribution is 2.43. The maximum Gasteiger partial charge on any atom is 0.472 e. The lowest BCUT2D eigenvalue weighted by Crippen LogP contribution is -2.37. The van der Waals surface area contributed by atoms with E-state index in [9.17, 15) is 19.0 Å². The molecule has 0 amide bonds. The molecule has 9 nitrogen and oxygen atoms in total. The number of carbonyl (C=O) groups excluding carboxylic acids is 2. The largest absolute Gasteiger partial charge is 0.472 e. The quantitative estimate of drug-likeness (QED) is 0.0211. The first-order chi connectivity index (χ1) is 47.0. The van der Waals surface area contributed by atoms with Gasteiger partial charge in [0.1, 0.15) is 19.8 Å². The number of nitrogens with zero attached hydrogens (tertiary/aromatic N) is 1. The Hall–Kier alpha value is -3.59. The molecule has 0 aromatic rings. The Morgan fingerprint density at radius 2 is 0.594 bits per heavy atom. The van der Waals surface area contributed by atoms with E-state index in [-0.39, 0.29) is 32.0 Å². The number of unbranched alkanes of at least 4 members (excludes halogenated alkanes) is 40. The fraction of sp³-hybridized carbons (Fsp3) is 0.744. The van der Waals surface area contributed by atoms with Crippen LogP contribution in [-0.2, 0) is 32.7 Å². The second kappa shape index (κ2) is 75.6. The number of likely N-dealkylation sites (N-methyl/N-ethyl adjacent to an activating group) is 1. The van der Waals surface area contributed by atoms with E-state index in [4.69, 9.17) is 18.5 Å². The van der Waals surface area contributed by atoms with Crippen LogP contribution in [0, 0.1) is 0 Å². The Labute approximate surface area is 594 Å². The van der Waals surface area contributed by atoms with Gasteiger partial charge in [0, 0.05) is 12.8 Å². The Morgan fingerprint density at radius 1 is 0.333 bits per heavy atom. The van der Waals surface area contributed by atoms with Crippen LogP contribution in [0.25, 0.3) is 0 Å². The van der Waals surface area contributed by atoms with Crippen LogP contribution < -0.4 is 0 Å². The fourth-order valence-electron chi connectivity index (χ4n) is 11.4. The van der Waals surface area contributed by atoms with E-state index in [2.05, 4.69) is 135 Å². The van der Waals surface area contributed by atoms with Crippen molar-refractivity contribution in [3.8, 4) is 0 Å². The summed E-state index contributed by atoms with van der Waals surface area (Å²) in [7, 11) is 1.46. The summed E-state index contributed by atoms with van der Waals surface area (Å²) in [6.07, 6.45) is 109. The number of carbonyl (C=O) groups is 2. The molecule has 0 aliphatic heterocycles. The third-order valence-electron chi connectivity index (χ3n) is 17.5. The average molecular weight is 1360 g/mol. The molecule has 0 aromatic heterocycles. The minimum absolute atomic E-state index is 0.0231. The standard InChI is InChI=1S/C86H152NO8P/c1-6-8-10-12-14-16-18-20-22-24-26-28-30-32-34-36-38-40-41-42-43-44-45-47-48-50-52-54-56-58-60-62-64-66-68-70-72-74-76-78-85(88)92-82-84(83-94-96(90,91)93-81-80-87(3,4)5)95-86(89)79-77-75-73-71-69-67-65-63-61-59-57-55-53-51-49-46-39-37-35-33-31-29-27-25-23-21-19-17-15-13-11-9-7-2/h9,11,15,17,21,23-24,26-27,29,33,35,39,46,51,53,57,59,63,65,84H,6-8,10,12-14,16,18-20,22,25,28,30-32,34,36-38,40-45,47-50,52,54-56,58,60-62,64,66-83H2,1-5H3/p+1/b11-9-,17-15-,23-21-,26-24-,29-27-,35-33-,46-39-,53-51-,59-57-,65-63-. The van der Waals surface area contributed by atoms with Crippen molar-refractivity contribution in [3.05, 3.63) is 122 Å². The van der Waals surface area contributed by atoms with Gasteiger partial charge >= 0.3 is 19.8 Å². The van der Waals surface area contributed by atoms with Gasteiger partial charge in [0.05, 0.1) is 27.7 Å². The zero-order valence-electron chi connectivity index (χ0n) is 63.3. The second-order valence-electron chi connectivity index (χ2n) is 28.1. The van der Waals surface area contributed by atoms with Crippen molar-refractivity contribution < 1.29 is 42.1 Å². The van der Waals surface area contributed by atoms with Gasteiger partial charge < -0.3 is 18.9 Å². The van der Waals surface area contributed by atoms with Crippen LogP contribution in [0.5, 0.6) is 0 Å². The van der Waals surface area contributed by atoms with Crippen LogP contribution in [0.3, 0.4) is 0 Å². The highest BCUT2D eigenvalue weighted by molar-refractivity contribution is 7.47. The third-order valence-corrected chi connectivity index (χ3v) is 18.5. The van der Waals surface area contributed by atoms with Gasteiger partial charge in [0.2, 0.25) is 0 Å². The summed E-state index contributed by atoms with van der Waals surface area (Å²) in [5.74, 6) is -0.813. The number of rotatable bonds is 74. The predicted octanol–water partition coefficient (Wildman–Crippen LogP) is 26.9. The zero-order valence-corrected chi connectivity index (χ0v) is 64.2. The number of phosphoric acid groups is 1. The molecule has 96 heavy (non-hydrogen) atoms. The Bertz CT molecular complexity index is 2040. The van der Waals surface area contributed by atoms with E-state index in [1.165, 1.54) is 218 Å². The average Bonchev–Trinajstić information content (AvgIpc) is 1.48. The maximum atomic E-state index is 12.9. The van der Waals surface area contributed by atoms with E-state index >= 15 is 0 Å². The summed E-state index contributed by atoms with van der Waals surface area (Å²) in [6.45, 7) is 4.33. The molecule has 2 atom stereocenters. The molecule has 10 heteroatoms. The number of esters is 2. The fourth-order valence-corrected chi connectivity index (χ4v) is 12.1. The minimum Gasteiger partial charge on any atom is -0.462 e. The van der Waals surface area contributed by atoms with E-state index < -0.39 is 26.5 Å². The molecule has 2 unspecified atom stereocenters. The summed E-state index contributed by atoms with van der Waals surface area (Å²) in [5, 5.41) is 0. The topological polar surface area (TPSA) is 108 Å². The second-order valence-corrected chi connectivity index (χ2v) is 29.5. The van der Waals surface area contributed by atoms with Crippen molar-refractivity contribution in [3.63, 3.8) is 0 Å². The van der Waals surface area contributed by atoms with E-state index in [0.717, 1.165) is 109 Å². The first kappa shape index (κ1) is 92.4. The smallest absolute Gasteiger partial charge is 0.462 e. The number of phosphoric ester groups is 1. The highest BCUT2D eigenvalue weighted by atomic mass is 31.2. The van der Waals surface area contributed by atoms with Gasteiger partial charge in [-0.3, -0.25) is 18.6 Å². The first-order valence-corrected chi connectivity index (χ1v) is 41.8. The Morgan fingerprint density at radius 3 is 0.896 bits per heavy atom. The van der Waals surface area contributed by atoms with E-state index in [1.54, 1.807) is 0 Å². The Kier molecular flexibility index (Phi) is 72.8. The summed E-state index contributed by atoms with van der Waals surface area (Å²) in [4.78, 5) is 36.0. The maximum absolute atomic E-state index is 12.9. The summed E-state index contributed by atoms with van der Waals surface area (Å²) >= 11 is 0. The molecule has 0 rings (SSSR count). The van der Waals surface area contributed by atoms with Crippen molar-refractivity contribution in [2.45, 2.75) is 367 Å². The molecule has 0 saturated carbocycles. The van der Waals surface area contributed by atoms with Gasteiger partial charge in [-0.05, 0) is 109 Å². The molecule has 0 radical (unpaired) electrons. The number of ether oxygens (including phenoxy) is 2. The third kappa shape index (κ3) is 79.4. The van der Waals surface area contributed by atoms with Crippen LogP contribution in [0.1, 0.15) is 361 Å². The van der Waals surface area contributed by atoms with Crippen LogP contribution >= 0.6 is 7.82 Å². The summed E-state index contributed by atoms with van der Waals surface area (Å²) < 4.78 is 34.8. The van der Waals surface area contributed by atoms with Crippen LogP contribution in [-0.4, -0.2) is 74.9 Å². The number of hydrogen-bond acceptors (Lipinski definition) is 7. The zero-order chi connectivity index (χ0) is 69.7. The van der Waals surface area contributed by atoms with Crippen molar-refractivity contribution in [2.24, 2.45) is 0 Å². The molecule has 1 N–H and O–H groups in total. The van der Waals surface area contributed by atoms with E-state index in [1.807, 2.05) is 21.1 Å². The normalized spacial score (nSPS) is 13.7. The first-order valence-electron chi connectivity index (χ1n) is 40.3. The van der Waals surface area contributed by atoms with Gasteiger partial charge in [-0.2, -0.15) is 0 Å². The van der Waals surface area contributed by atoms with Gasteiger partial charge in [0.25, 0.3) is 0 Å². The molecule has 0 heterocycles. The van der Waals surface area contributed by atoms with Crippen LogP contribution in [0.15, 0.2) is 122 Å². The van der Waals surface area contributed by atoms with Gasteiger partial charge in [-0.1, -0.05) is 360 Å². The van der Waals surface area contributed by atoms with Crippen LogP contribution in [0.4, 0.5) is 0 Å². The van der Waals surface area contributed by atoms with Crippen LogP contribution in [0.2, 0.25) is 0 Å². The predicted molar refractivity (Wildman–Crippen MR) is 418 cm³/mol.